The summed E-state index contributed by atoms with van der Waals surface area (Å²) < 4.78 is 44.8. The molecule has 3 rings (SSSR count). The zero-order chi connectivity index (χ0) is 15.7. The number of nitrogens with one attached hydrogen (secondary N) is 1. The molecule has 3 atom stereocenters. The first-order chi connectivity index (χ1) is 10.5. The van der Waals surface area contributed by atoms with Gasteiger partial charge in [-0.25, -0.2) is 13.2 Å². The number of halogens is 3. The van der Waals surface area contributed by atoms with Crippen LogP contribution in [0.5, 0.6) is 0 Å². The van der Waals surface area contributed by atoms with Crippen molar-refractivity contribution in [2.45, 2.75) is 37.3 Å². The molecule has 1 aliphatic carbocycles. The Morgan fingerprint density at radius 1 is 1.32 bits per heavy atom. The molecule has 0 spiro atoms. The summed E-state index contributed by atoms with van der Waals surface area (Å²) in [4.78, 5) is 4.21. The summed E-state index contributed by atoms with van der Waals surface area (Å²) in [5.41, 5.74) is 6.22. The average molecular weight is 313 g/mol. The number of hydrogen-bond acceptors (Lipinski definition) is 2. The molecule has 7 heteroatoms. The van der Waals surface area contributed by atoms with Crippen LogP contribution in [-0.2, 0) is 4.74 Å². The summed E-state index contributed by atoms with van der Waals surface area (Å²) in [5, 5.41) is 3.01. The SMILES string of the molecule is NC(=NCC1CCCO1)N[C@@H]1C[C@H]1c1cc(F)c(F)c(F)c1. The van der Waals surface area contributed by atoms with Crippen LogP contribution in [0.3, 0.4) is 0 Å². The minimum absolute atomic E-state index is 0.0301. The highest BCUT2D eigenvalue weighted by Gasteiger charge is 2.39. The summed E-state index contributed by atoms with van der Waals surface area (Å²) >= 11 is 0. The van der Waals surface area contributed by atoms with Crippen LogP contribution >= 0.6 is 0 Å². The molecule has 0 radical (unpaired) electrons. The first kappa shape index (κ1) is 15.1. The highest BCUT2D eigenvalue weighted by Crippen LogP contribution is 2.41. The number of aliphatic imine (C=N–C) groups is 1. The molecule has 0 amide bonds. The molecule has 3 N–H and O–H groups in total. The Hall–Kier alpha value is -1.76. The van der Waals surface area contributed by atoms with Gasteiger partial charge in [-0.15, -0.1) is 0 Å². The van der Waals surface area contributed by atoms with E-state index in [0.717, 1.165) is 31.6 Å². The van der Waals surface area contributed by atoms with Crippen LogP contribution in [-0.4, -0.2) is 31.3 Å². The molecule has 2 aliphatic rings. The van der Waals surface area contributed by atoms with E-state index in [4.69, 9.17) is 10.5 Å². The molecule has 1 saturated heterocycles. The van der Waals surface area contributed by atoms with Crippen molar-refractivity contribution in [3.63, 3.8) is 0 Å². The van der Waals surface area contributed by atoms with Gasteiger partial charge >= 0.3 is 0 Å². The van der Waals surface area contributed by atoms with Crippen LogP contribution in [0.25, 0.3) is 0 Å². The maximum atomic E-state index is 13.2. The van der Waals surface area contributed by atoms with Crippen molar-refractivity contribution in [1.82, 2.24) is 5.32 Å². The van der Waals surface area contributed by atoms with Crippen molar-refractivity contribution in [2.24, 2.45) is 10.7 Å². The minimum atomic E-state index is -1.44. The van der Waals surface area contributed by atoms with E-state index >= 15 is 0 Å². The second-order valence-electron chi connectivity index (χ2n) is 5.75. The van der Waals surface area contributed by atoms with Gasteiger partial charge in [0.05, 0.1) is 12.6 Å². The predicted octanol–water partition coefficient (Wildman–Crippen LogP) is 2.04. The lowest BCUT2D eigenvalue weighted by Gasteiger charge is -2.08. The Kier molecular flexibility index (Phi) is 4.24. The topological polar surface area (TPSA) is 59.6 Å². The maximum Gasteiger partial charge on any atom is 0.194 e. The molecular weight excluding hydrogens is 295 g/mol. The van der Waals surface area contributed by atoms with Gasteiger partial charge in [0.1, 0.15) is 0 Å². The lowest BCUT2D eigenvalue weighted by Crippen LogP contribution is -2.35. The van der Waals surface area contributed by atoms with Crippen LogP contribution in [0.15, 0.2) is 17.1 Å². The Morgan fingerprint density at radius 3 is 2.68 bits per heavy atom. The summed E-state index contributed by atoms with van der Waals surface area (Å²) in [5.74, 6) is -3.56. The van der Waals surface area contributed by atoms with Gasteiger partial charge in [0.15, 0.2) is 23.4 Å². The molecule has 4 nitrogen and oxygen atoms in total. The second-order valence-corrected chi connectivity index (χ2v) is 5.75. The summed E-state index contributed by atoms with van der Waals surface area (Å²) in [7, 11) is 0. The van der Waals surface area contributed by atoms with Crippen LogP contribution in [0.1, 0.15) is 30.7 Å². The fraction of sp³-hybridized carbons (Fsp3) is 0.533. The van der Waals surface area contributed by atoms with Crippen molar-refractivity contribution in [3.8, 4) is 0 Å². The molecule has 120 valence electrons. The van der Waals surface area contributed by atoms with Crippen molar-refractivity contribution in [3.05, 3.63) is 35.1 Å². The fourth-order valence-corrected chi connectivity index (χ4v) is 2.74. The van der Waals surface area contributed by atoms with Crippen molar-refractivity contribution in [2.75, 3.05) is 13.2 Å². The normalized spacial score (nSPS) is 28.0. The number of nitrogens with two attached hydrogens (primary N) is 1. The number of guanidine groups is 1. The molecule has 1 aromatic rings. The van der Waals surface area contributed by atoms with Crippen molar-refractivity contribution >= 4 is 5.96 Å². The van der Waals surface area contributed by atoms with Crippen LogP contribution < -0.4 is 11.1 Å². The molecule has 22 heavy (non-hydrogen) atoms. The predicted molar refractivity (Wildman–Crippen MR) is 76.1 cm³/mol. The van der Waals surface area contributed by atoms with Gasteiger partial charge in [-0.3, -0.25) is 4.99 Å². The Morgan fingerprint density at radius 2 is 2.05 bits per heavy atom. The van der Waals surface area contributed by atoms with Gasteiger partial charge in [-0.1, -0.05) is 0 Å². The highest BCUT2D eigenvalue weighted by molar-refractivity contribution is 5.78. The van der Waals surface area contributed by atoms with E-state index in [1.807, 2.05) is 0 Å². The molecule has 1 unspecified atom stereocenters. The van der Waals surface area contributed by atoms with E-state index in [1.54, 1.807) is 0 Å². The average Bonchev–Trinajstić information content (AvgIpc) is 3.04. The van der Waals surface area contributed by atoms with E-state index in [-0.39, 0.29) is 18.1 Å². The number of hydrogen-bond donors (Lipinski definition) is 2. The zero-order valence-corrected chi connectivity index (χ0v) is 12.0. The van der Waals surface area contributed by atoms with E-state index in [1.165, 1.54) is 0 Å². The van der Waals surface area contributed by atoms with Crippen LogP contribution in [0, 0.1) is 17.5 Å². The van der Waals surface area contributed by atoms with Gasteiger partial charge in [0.25, 0.3) is 0 Å². The first-order valence-corrected chi connectivity index (χ1v) is 7.37. The molecule has 1 saturated carbocycles. The summed E-state index contributed by atoms with van der Waals surface area (Å²) in [6.07, 6.45) is 2.83. The fourth-order valence-electron chi connectivity index (χ4n) is 2.74. The van der Waals surface area contributed by atoms with E-state index < -0.39 is 17.5 Å². The van der Waals surface area contributed by atoms with Gasteiger partial charge in [-0.05, 0) is 37.0 Å². The third-order valence-electron chi connectivity index (χ3n) is 4.05. The smallest absolute Gasteiger partial charge is 0.194 e. The van der Waals surface area contributed by atoms with Crippen LogP contribution in [0.2, 0.25) is 0 Å². The zero-order valence-electron chi connectivity index (χ0n) is 12.0. The summed E-state index contributed by atoms with van der Waals surface area (Å²) in [6.45, 7) is 1.27. The number of rotatable bonds is 4. The maximum absolute atomic E-state index is 13.2. The number of ether oxygens (including phenoxy) is 1. The van der Waals surface area contributed by atoms with Crippen molar-refractivity contribution in [1.29, 1.82) is 0 Å². The third-order valence-corrected chi connectivity index (χ3v) is 4.05. The Labute approximate surface area is 126 Å². The van der Waals surface area contributed by atoms with Gasteiger partial charge < -0.3 is 15.8 Å². The molecule has 1 aliphatic heterocycles. The monoisotopic (exact) mass is 313 g/mol. The third kappa shape index (κ3) is 3.35. The van der Waals surface area contributed by atoms with E-state index in [9.17, 15) is 13.2 Å². The van der Waals surface area contributed by atoms with E-state index in [0.29, 0.717) is 24.5 Å². The first-order valence-electron chi connectivity index (χ1n) is 7.37. The minimum Gasteiger partial charge on any atom is -0.376 e. The molecular formula is C15H18F3N3O. The highest BCUT2D eigenvalue weighted by atomic mass is 19.2. The molecule has 0 aromatic heterocycles. The lowest BCUT2D eigenvalue weighted by atomic mass is 10.1. The van der Waals surface area contributed by atoms with E-state index in [2.05, 4.69) is 10.3 Å². The molecule has 0 bridgehead atoms. The lowest BCUT2D eigenvalue weighted by molar-refractivity contribution is 0.117. The second kappa shape index (κ2) is 6.16. The van der Waals surface area contributed by atoms with Crippen molar-refractivity contribution < 1.29 is 17.9 Å². The Bertz CT molecular complexity index is 564. The standard InChI is InChI=1S/C15H18F3N3O/c16-11-4-8(5-12(17)14(11)18)10-6-13(10)21-15(19)20-7-9-2-1-3-22-9/h4-5,9-10,13H,1-3,6-7H2,(H3,19,20,21)/t9?,10-,13+/m0/s1. The quantitative estimate of drug-likeness (QED) is 0.508. The molecule has 2 fully saturated rings. The Balaban J connectivity index is 1.54. The summed E-state index contributed by atoms with van der Waals surface area (Å²) in [6, 6.07) is 2.03. The van der Waals surface area contributed by atoms with Gasteiger partial charge in [0.2, 0.25) is 0 Å². The van der Waals surface area contributed by atoms with Crippen LogP contribution in [0.4, 0.5) is 13.2 Å². The van der Waals surface area contributed by atoms with Gasteiger partial charge in [0, 0.05) is 18.6 Å². The number of benzene rings is 1. The van der Waals surface area contributed by atoms with Gasteiger partial charge in [-0.2, -0.15) is 0 Å². The molecule has 1 aromatic carbocycles. The largest absolute Gasteiger partial charge is 0.376 e. The molecule has 1 heterocycles. The number of nitrogens with zero attached hydrogens (tertiary/aromatic N) is 1.